The maximum Gasteiger partial charge on any atom is 0.190 e. The molecular formula is C22H25NO4. The number of nitrogens with zero attached hydrogens (tertiary/aromatic N) is 1. The molecule has 0 bridgehead atoms. The van der Waals surface area contributed by atoms with E-state index in [0.29, 0.717) is 13.2 Å². The first-order chi connectivity index (χ1) is 13.1. The smallest absolute Gasteiger partial charge is 0.190 e. The minimum atomic E-state index is -0.671. The lowest BCUT2D eigenvalue weighted by atomic mass is 10.1. The van der Waals surface area contributed by atoms with E-state index in [0.717, 1.165) is 11.1 Å². The zero-order valence-corrected chi connectivity index (χ0v) is 15.7. The van der Waals surface area contributed by atoms with E-state index in [9.17, 15) is 0 Å². The average molecular weight is 367 g/mol. The molecule has 0 N–H and O–H groups in total. The average Bonchev–Trinajstić information content (AvgIpc) is 3.13. The maximum atomic E-state index is 6.19. The Hall–Kier alpha value is -2.05. The van der Waals surface area contributed by atoms with Gasteiger partial charge in [-0.25, -0.2) is 0 Å². The van der Waals surface area contributed by atoms with Crippen LogP contribution >= 0.6 is 0 Å². The molecule has 0 amide bonds. The Bertz CT molecular complexity index is 762. The van der Waals surface area contributed by atoms with E-state index in [1.165, 1.54) is 0 Å². The van der Waals surface area contributed by atoms with Gasteiger partial charge in [0.05, 0.1) is 13.2 Å². The third kappa shape index (κ3) is 4.45. The van der Waals surface area contributed by atoms with Gasteiger partial charge in [0.15, 0.2) is 12.1 Å². The summed E-state index contributed by atoms with van der Waals surface area (Å²) in [5.74, 6) is -0.671. The van der Waals surface area contributed by atoms with Crippen molar-refractivity contribution in [1.82, 2.24) is 0 Å². The van der Waals surface area contributed by atoms with Crippen molar-refractivity contribution in [2.24, 2.45) is 4.99 Å². The quantitative estimate of drug-likeness (QED) is 0.730. The van der Waals surface area contributed by atoms with Crippen molar-refractivity contribution in [3.63, 3.8) is 0 Å². The number of rotatable bonds is 6. The second kappa shape index (κ2) is 7.90. The molecule has 2 saturated heterocycles. The highest BCUT2D eigenvalue weighted by Crippen LogP contribution is 2.38. The Labute approximate surface area is 159 Å². The van der Waals surface area contributed by atoms with Crippen LogP contribution in [0.25, 0.3) is 0 Å². The first-order valence-electron chi connectivity index (χ1n) is 9.31. The van der Waals surface area contributed by atoms with E-state index in [-0.39, 0.29) is 18.3 Å². The molecule has 0 spiro atoms. The summed E-state index contributed by atoms with van der Waals surface area (Å²) in [5, 5.41) is 0. The largest absolute Gasteiger partial charge is 0.367 e. The van der Waals surface area contributed by atoms with Gasteiger partial charge in [-0.3, -0.25) is 4.99 Å². The molecule has 2 aromatic rings. The van der Waals surface area contributed by atoms with Crippen molar-refractivity contribution in [3.8, 4) is 0 Å². The highest BCUT2D eigenvalue weighted by molar-refractivity contribution is 5.65. The fourth-order valence-corrected chi connectivity index (χ4v) is 3.43. The van der Waals surface area contributed by atoms with Crippen LogP contribution in [0.1, 0.15) is 25.0 Å². The lowest BCUT2D eigenvalue weighted by Gasteiger charge is -2.24. The van der Waals surface area contributed by atoms with E-state index < -0.39 is 12.1 Å². The van der Waals surface area contributed by atoms with Crippen molar-refractivity contribution in [1.29, 1.82) is 0 Å². The number of hydrogen-bond acceptors (Lipinski definition) is 5. The van der Waals surface area contributed by atoms with Crippen molar-refractivity contribution in [3.05, 3.63) is 71.8 Å². The van der Waals surface area contributed by atoms with Crippen LogP contribution < -0.4 is 0 Å². The molecule has 0 saturated carbocycles. The molecule has 4 atom stereocenters. The van der Waals surface area contributed by atoms with Crippen LogP contribution in [-0.4, -0.2) is 36.6 Å². The summed E-state index contributed by atoms with van der Waals surface area (Å²) in [6.45, 7) is 4.88. The molecule has 4 rings (SSSR count). The van der Waals surface area contributed by atoms with Crippen LogP contribution in [0.15, 0.2) is 65.7 Å². The molecular weight excluding hydrogens is 342 g/mol. The van der Waals surface area contributed by atoms with Crippen LogP contribution in [0.5, 0.6) is 0 Å². The van der Waals surface area contributed by atoms with Crippen molar-refractivity contribution >= 4 is 6.21 Å². The summed E-state index contributed by atoms with van der Waals surface area (Å²) >= 11 is 0. The number of ether oxygens (including phenoxy) is 4. The standard InChI is InChI=1S/C22H25NO4/c1-22(2)26-20-19(24-15-17-11-7-4-8-12-17)18(25-21(20)27-22)14-23-13-16-9-5-3-6-10-16/h3-12,14,18-21H,13,15H2,1-2H3/t18-,19+,20-,21-/m1/s1. The Balaban J connectivity index is 1.44. The first kappa shape index (κ1) is 18.3. The Kier molecular flexibility index (Phi) is 5.36. The molecule has 27 heavy (non-hydrogen) atoms. The first-order valence-corrected chi connectivity index (χ1v) is 9.31. The molecule has 0 radical (unpaired) electrons. The third-order valence-corrected chi connectivity index (χ3v) is 4.68. The van der Waals surface area contributed by atoms with Gasteiger partial charge in [-0.15, -0.1) is 0 Å². The third-order valence-electron chi connectivity index (χ3n) is 4.68. The van der Waals surface area contributed by atoms with Gasteiger partial charge in [0.25, 0.3) is 0 Å². The van der Waals surface area contributed by atoms with E-state index in [1.807, 2.05) is 68.6 Å². The van der Waals surface area contributed by atoms with Crippen molar-refractivity contribution in [2.45, 2.75) is 57.4 Å². The fourth-order valence-electron chi connectivity index (χ4n) is 3.43. The second-order valence-corrected chi connectivity index (χ2v) is 7.31. The zero-order valence-electron chi connectivity index (χ0n) is 15.7. The van der Waals surface area contributed by atoms with Crippen LogP contribution in [0.4, 0.5) is 0 Å². The Morgan fingerprint density at radius 1 is 0.963 bits per heavy atom. The highest BCUT2D eigenvalue weighted by Gasteiger charge is 2.55. The summed E-state index contributed by atoms with van der Waals surface area (Å²) in [6.07, 6.45) is 0.548. The minimum absolute atomic E-state index is 0.267. The molecule has 0 unspecified atom stereocenters. The van der Waals surface area contributed by atoms with Gasteiger partial charge in [-0.2, -0.15) is 0 Å². The van der Waals surface area contributed by atoms with E-state index >= 15 is 0 Å². The van der Waals surface area contributed by atoms with Crippen LogP contribution in [0.2, 0.25) is 0 Å². The van der Waals surface area contributed by atoms with Crippen LogP contribution in [-0.2, 0) is 32.1 Å². The molecule has 142 valence electrons. The number of fused-ring (bicyclic) bond motifs is 1. The summed E-state index contributed by atoms with van der Waals surface area (Å²) < 4.78 is 24.1. The molecule has 5 heteroatoms. The number of hydrogen-bond donors (Lipinski definition) is 0. The topological polar surface area (TPSA) is 49.3 Å². The monoisotopic (exact) mass is 367 g/mol. The zero-order chi connectivity index (χ0) is 18.7. The molecule has 2 aliphatic heterocycles. The molecule has 2 heterocycles. The molecule has 0 aliphatic carbocycles. The molecule has 5 nitrogen and oxygen atoms in total. The molecule has 2 fully saturated rings. The number of aliphatic imine (C=N–C) groups is 1. The normalized spacial score (nSPS) is 29.3. The predicted octanol–water partition coefficient (Wildman–Crippen LogP) is 3.72. The van der Waals surface area contributed by atoms with Gasteiger partial charge in [0, 0.05) is 6.21 Å². The van der Waals surface area contributed by atoms with E-state index in [2.05, 4.69) is 17.1 Å². The lowest BCUT2D eigenvalue weighted by molar-refractivity contribution is -0.210. The van der Waals surface area contributed by atoms with E-state index in [1.54, 1.807) is 0 Å². The summed E-state index contributed by atoms with van der Waals surface area (Å²) in [6, 6.07) is 20.2. The second-order valence-electron chi connectivity index (χ2n) is 7.31. The minimum Gasteiger partial charge on any atom is -0.367 e. The molecule has 2 aromatic carbocycles. The van der Waals surface area contributed by atoms with E-state index in [4.69, 9.17) is 18.9 Å². The Morgan fingerprint density at radius 2 is 1.63 bits per heavy atom. The van der Waals surface area contributed by atoms with Gasteiger partial charge < -0.3 is 18.9 Å². The van der Waals surface area contributed by atoms with Gasteiger partial charge in [0.1, 0.15) is 18.3 Å². The highest BCUT2D eigenvalue weighted by atomic mass is 16.8. The van der Waals surface area contributed by atoms with Crippen LogP contribution in [0, 0.1) is 0 Å². The lowest BCUT2D eigenvalue weighted by Crippen LogP contribution is -2.37. The summed E-state index contributed by atoms with van der Waals surface area (Å²) in [4.78, 5) is 4.55. The number of benzene rings is 2. The van der Waals surface area contributed by atoms with Crippen LogP contribution in [0.3, 0.4) is 0 Å². The van der Waals surface area contributed by atoms with Crippen molar-refractivity contribution < 1.29 is 18.9 Å². The molecule has 2 aliphatic rings. The van der Waals surface area contributed by atoms with Gasteiger partial charge in [-0.05, 0) is 25.0 Å². The maximum absolute atomic E-state index is 6.19. The summed E-state index contributed by atoms with van der Waals surface area (Å²) in [7, 11) is 0. The van der Waals surface area contributed by atoms with Gasteiger partial charge >= 0.3 is 0 Å². The molecule has 0 aromatic heterocycles. The fraction of sp³-hybridized carbons (Fsp3) is 0.409. The summed E-state index contributed by atoms with van der Waals surface area (Å²) in [5.41, 5.74) is 2.27. The predicted molar refractivity (Wildman–Crippen MR) is 102 cm³/mol. The van der Waals surface area contributed by atoms with Gasteiger partial charge in [-0.1, -0.05) is 60.7 Å². The van der Waals surface area contributed by atoms with Crippen molar-refractivity contribution in [2.75, 3.05) is 0 Å². The SMILES string of the molecule is CC1(C)O[C@H]2O[C@H](C=NCc3ccccc3)[C@H](OCc3ccccc3)[C@H]2O1. The van der Waals surface area contributed by atoms with Gasteiger partial charge in [0.2, 0.25) is 0 Å². The Morgan fingerprint density at radius 3 is 2.33 bits per heavy atom.